The zero-order valence-corrected chi connectivity index (χ0v) is 23.7. The Morgan fingerprint density at radius 1 is 1.14 bits per heavy atom. The molecule has 1 heterocycles. The van der Waals surface area contributed by atoms with Crippen molar-refractivity contribution in [2.45, 2.75) is 20.3 Å². The first-order chi connectivity index (χ1) is 18.0. The number of aromatic nitrogens is 1. The molecule has 0 aliphatic carbocycles. The molecule has 190 valence electrons. The van der Waals surface area contributed by atoms with Crippen LogP contribution in [0.4, 0.5) is 10.8 Å². The molecular formula is C28H27IN4O3S. The fourth-order valence-electron chi connectivity index (χ4n) is 3.40. The SMILES string of the molecule is CCCOc1c(I)cc(/C=N\NC(=O)c2ccc(-c3csc(Nc4ccc(C)cc4)n3)cc2)cc1OC. The van der Waals surface area contributed by atoms with E-state index in [1.165, 1.54) is 16.9 Å². The predicted octanol–water partition coefficient (Wildman–Crippen LogP) is 7.03. The summed E-state index contributed by atoms with van der Waals surface area (Å²) in [5, 5.41) is 10.2. The van der Waals surface area contributed by atoms with Crippen LogP contribution in [0.5, 0.6) is 11.5 Å². The predicted molar refractivity (Wildman–Crippen MR) is 159 cm³/mol. The Bertz CT molecular complexity index is 1390. The van der Waals surface area contributed by atoms with Crippen LogP contribution in [0.1, 0.15) is 34.8 Å². The largest absolute Gasteiger partial charge is 0.493 e. The van der Waals surface area contributed by atoms with Crippen LogP contribution >= 0.6 is 33.9 Å². The maximum absolute atomic E-state index is 12.6. The van der Waals surface area contributed by atoms with E-state index in [2.05, 4.69) is 69.4 Å². The standard InChI is InChI=1S/C28H27IN4O3S/c1-4-13-36-26-23(29)14-19(15-25(26)35-3)16-30-33-27(34)21-9-7-20(8-10-21)24-17-37-28(32-24)31-22-11-5-18(2)6-12-22/h5-12,14-17H,4,13H2,1-3H3,(H,31,32)(H,33,34)/b30-16-. The van der Waals surface area contributed by atoms with E-state index < -0.39 is 0 Å². The van der Waals surface area contributed by atoms with Gasteiger partial charge in [-0.1, -0.05) is 36.8 Å². The third-order valence-electron chi connectivity index (χ3n) is 5.33. The van der Waals surface area contributed by atoms with E-state index >= 15 is 0 Å². The van der Waals surface area contributed by atoms with Crippen molar-refractivity contribution in [3.05, 3.63) is 86.3 Å². The minimum absolute atomic E-state index is 0.299. The van der Waals surface area contributed by atoms with Gasteiger partial charge in [-0.2, -0.15) is 5.10 Å². The molecule has 0 aliphatic heterocycles. The van der Waals surface area contributed by atoms with Crippen LogP contribution in [0.15, 0.2) is 71.1 Å². The maximum Gasteiger partial charge on any atom is 0.271 e. The van der Waals surface area contributed by atoms with Crippen LogP contribution in [0, 0.1) is 10.5 Å². The molecular weight excluding hydrogens is 599 g/mol. The molecule has 4 rings (SSSR count). The minimum atomic E-state index is -0.299. The number of nitrogens with zero attached hydrogens (tertiary/aromatic N) is 2. The van der Waals surface area contributed by atoms with Crippen LogP contribution in [-0.2, 0) is 0 Å². The summed E-state index contributed by atoms with van der Waals surface area (Å²) in [5.74, 6) is 1.04. The van der Waals surface area contributed by atoms with Gasteiger partial charge in [-0.05, 0) is 77.9 Å². The fraction of sp³-hybridized carbons (Fsp3) is 0.179. The molecule has 9 heteroatoms. The second kappa shape index (κ2) is 12.7. The Kier molecular flexibility index (Phi) is 9.13. The van der Waals surface area contributed by atoms with E-state index in [-0.39, 0.29) is 5.91 Å². The smallest absolute Gasteiger partial charge is 0.271 e. The fourth-order valence-corrected chi connectivity index (χ4v) is 4.93. The number of nitrogens with one attached hydrogen (secondary N) is 2. The zero-order valence-electron chi connectivity index (χ0n) is 20.7. The number of ether oxygens (including phenoxy) is 2. The van der Waals surface area contributed by atoms with E-state index in [4.69, 9.17) is 9.47 Å². The van der Waals surface area contributed by atoms with Gasteiger partial charge in [0.1, 0.15) is 0 Å². The summed E-state index contributed by atoms with van der Waals surface area (Å²) >= 11 is 3.74. The third kappa shape index (κ3) is 7.07. The summed E-state index contributed by atoms with van der Waals surface area (Å²) in [4.78, 5) is 17.2. The molecule has 7 nitrogen and oxygen atoms in total. The molecule has 0 radical (unpaired) electrons. The number of thiazole rings is 1. The molecule has 0 spiro atoms. The minimum Gasteiger partial charge on any atom is -0.493 e. The second-order valence-corrected chi connectivity index (χ2v) is 10.2. The van der Waals surface area contributed by atoms with Crippen LogP contribution in [0.2, 0.25) is 0 Å². The molecule has 37 heavy (non-hydrogen) atoms. The zero-order chi connectivity index (χ0) is 26.2. The number of amides is 1. The Morgan fingerprint density at radius 2 is 1.89 bits per heavy atom. The van der Waals surface area contributed by atoms with Gasteiger partial charge >= 0.3 is 0 Å². The molecule has 1 amide bonds. The van der Waals surface area contributed by atoms with Gasteiger partial charge in [0.25, 0.3) is 5.91 Å². The van der Waals surface area contributed by atoms with Gasteiger partial charge in [0.05, 0.1) is 29.2 Å². The van der Waals surface area contributed by atoms with Gasteiger partial charge in [0, 0.05) is 22.2 Å². The van der Waals surface area contributed by atoms with Crippen molar-refractivity contribution >= 4 is 56.9 Å². The molecule has 1 aromatic heterocycles. The highest BCUT2D eigenvalue weighted by Crippen LogP contribution is 2.33. The number of methoxy groups -OCH3 is 1. The molecule has 0 unspecified atom stereocenters. The van der Waals surface area contributed by atoms with Crippen molar-refractivity contribution in [2.24, 2.45) is 5.10 Å². The lowest BCUT2D eigenvalue weighted by Crippen LogP contribution is -2.17. The van der Waals surface area contributed by atoms with Crippen molar-refractivity contribution in [3.63, 3.8) is 0 Å². The Labute approximate surface area is 234 Å². The highest BCUT2D eigenvalue weighted by Gasteiger charge is 2.11. The molecule has 2 N–H and O–H groups in total. The van der Waals surface area contributed by atoms with Gasteiger partial charge in [0.2, 0.25) is 0 Å². The first kappa shape index (κ1) is 26.6. The van der Waals surface area contributed by atoms with Crippen molar-refractivity contribution in [3.8, 4) is 22.8 Å². The third-order valence-corrected chi connectivity index (χ3v) is 6.89. The Hall–Kier alpha value is -3.44. The number of benzene rings is 3. The van der Waals surface area contributed by atoms with Gasteiger partial charge in [-0.3, -0.25) is 4.79 Å². The lowest BCUT2D eigenvalue weighted by atomic mass is 10.1. The Morgan fingerprint density at radius 3 is 2.59 bits per heavy atom. The lowest BCUT2D eigenvalue weighted by Gasteiger charge is -2.12. The van der Waals surface area contributed by atoms with Crippen LogP contribution in [0.25, 0.3) is 11.3 Å². The molecule has 0 atom stereocenters. The van der Waals surface area contributed by atoms with E-state index in [0.29, 0.717) is 23.7 Å². The first-order valence-electron chi connectivity index (χ1n) is 11.7. The number of aryl methyl sites for hydroxylation is 1. The normalized spacial score (nSPS) is 10.9. The first-order valence-corrected chi connectivity index (χ1v) is 13.7. The topological polar surface area (TPSA) is 84.8 Å². The Balaban J connectivity index is 1.37. The molecule has 0 fully saturated rings. The molecule has 0 aliphatic rings. The highest BCUT2D eigenvalue weighted by atomic mass is 127. The summed E-state index contributed by atoms with van der Waals surface area (Å²) in [7, 11) is 1.60. The van der Waals surface area contributed by atoms with Crippen molar-refractivity contribution in [1.82, 2.24) is 10.4 Å². The van der Waals surface area contributed by atoms with Crippen LogP contribution in [-0.4, -0.2) is 30.8 Å². The number of hydrazone groups is 1. The molecule has 0 saturated carbocycles. The number of hydrogen-bond acceptors (Lipinski definition) is 7. The molecule has 3 aromatic carbocycles. The molecule has 0 bridgehead atoms. The maximum atomic E-state index is 12.6. The van der Waals surface area contributed by atoms with Crippen molar-refractivity contribution in [1.29, 1.82) is 0 Å². The van der Waals surface area contributed by atoms with Gasteiger partial charge in [-0.25, -0.2) is 10.4 Å². The number of halogens is 1. The van der Waals surface area contributed by atoms with E-state index in [1.54, 1.807) is 25.5 Å². The summed E-state index contributed by atoms with van der Waals surface area (Å²) in [6, 6.07) is 19.2. The summed E-state index contributed by atoms with van der Waals surface area (Å²) in [5.41, 5.74) is 7.86. The quantitative estimate of drug-likeness (QED) is 0.112. The van der Waals surface area contributed by atoms with E-state index in [1.807, 2.05) is 41.8 Å². The second-order valence-electron chi connectivity index (χ2n) is 8.19. The molecule has 0 saturated heterocycles. The van der Waals surface area contributed by atoms with Crippen LogP contribution in [0.3, 0.4) is 0 Å². The highest BCUT2D eigenvalue weighted by molar-refractivity contribution is 14.1. The van der Waals surface area contributed by atoms with E-state index in [0.717, 1.165) is 37.6 Å². The number of rotatable bonds is 10. The summed E-state index contributed by atoms with van der Waals surface area (Å²) < 4.78 is 12.1. The molecule has 4 aromatic rings. The van der Waals surface area contributed by atoms with Crippen molar-refractivity contribution in [2.75, 3.05) is 19.0 Å². The summed E-state index contributed by atoms with van der Waals surface area (Å²) in [6.45, 7) is 4.72. The van der Waals surface area contributed by atoms with Gasteiger partial charge in [-0.15, -0.1) is 11.3 Å². The monoisotopic (exact) mass is 626 g/mol. The number of carbonyl (C=O) groups excluding carboxylic acids is 1. The number of carbonyl (C=O) groups is 1. The number of hydrogen-bond donors (Lipinski definition) is 2. The van der Waals surface area contributed by atoms with Gasteiger partial charge in [0.15, 0.2) is 16.6 Å². The van der Waals surface area contributed by atoms with Crippen LogP contribution < -0.4 is 20.2 Å². The average molecular weight is 627 g/mol. The average Bonchev–Trinajstić information content (AvgIpc) is 3.37. The van der Waals surface area contributed by atoms with E-state index in [9.17, 15) is 4.79 Å². The van der Waals surface area contributed by atoms with Crippen molar-refractivity contribution < 1.29 is 14.3 Å². The van der Waals surface area contributed by atoms with Gasteiger partial charge < -0.3 is 14.8 Å². The lowest BCUT2D eigenvalue weighted by molar-refractivity contribution is 0.0955. The number of anilines is 2. The summed E-state index contributed by atoms with van der Waals surface area (Å²) in [6.07, 6.45) is 2.49.